The van der Waals surface area contributed by atoms with E-state index in [9.17, 15) is 4.79 Å². The molecule has 1 N–H and O–H groups in total. The molecule has 0 unspecified atom stereocenters. The summed E-state index contributed by atoms with van der Waals surface area (Å²) in [5, 5.41) is 9.14. The molecule has 0 bridgehead atoms. The number of carbonyl (C=O) groups excluding carboxylic acids is 1. The Hall–Kier alpha value is -1.88. The predicted octanol–water partition coefficient (Wildman–Crippen LogP) is 0.151. The lowest BCUT2D eigenvalue weighted by Gasteiger charge is -2.35. The van der Waals surface area contributed by atoms with Gasteiger partial charge in [0.1, 0.15) is 0 Å². The average molecular weight is 217 g/mol. The zero-order valence-electron chi connectivity index (χ0n) is 8.58. The number of hydrogen-bond donors (Lipinski definition) is 1. The van der Waals surface area contributed by atoms with Crippen molar-refractivity contribution in [2.45, 2.75) is 6.10 Å². The van der Waals surface area contributed by atoms with Crippen molar-refractivity contribution in [3.8, 4) is 0 Å². The summed E-state index contributed by atoms with van der Waals surface area (Å²) in [7, 11) is 0. The van der Waals surface area contributed by atoms with Gasteiger partial charge in [0.2, 0.25) is 0 Å². The molecular weight excluding hydrogens is 206 g/mol. The first-order valence-electron chi connectivity index (χ1n) is 5.13. The van der Waals surface area contributed by atoms with Gasteiger partial charge in [0.15, 0.2) is 0 Å². The summed E-state index contributed by atoms with van der Waals surface area (Å²) in [5.74, 6) is -0.0333. The highest BCUT2D eigenvalue weighted by Gasteiger charge is 2.29. The van der Waals surface area contributed by atoms with E-state index in [4.69, 9.17) is 5.11 Å². The van der Waals surface area contributed by atoms with Crippen LogP contribution in [0.25, 0.3) is 5.52 Å². The lowest BCUT2D eigenvalue weighted by Crippen LogP contribution is -2.53. The molecule has 2 aromatic rings. The zero-order chi connectivity index (χ0) is 11.1. The van der Waals surface area contributed by atoms with Gasteiger partial charge in [-0.25, -0.2) is 4.98 Å². The molecule has 0 aliphatic carbocycles. The number of rotatable bonds is 1. The minimum Gasteiger partial charge on any atom is -0.389 e. The van der Waals surface area contributed by atoms with Crippen molar-refractivity contribution in [1.82, 2.24) is 14.3 Å². The quantitative estimate of drug-likeness (QED) is 0.739. The number of amides is 1. The standard InChI is InChI=1S/C11H11N3O2/c15-10-5-14(6-10)11(16)8-1-2-13-7-12-4-9(13)3-8/h1-4,7,10,15H,5-6H2. The fourth-order valence-corrected chi connectivity index (χ4v) is 1.86. The summed E-state index contributed by atoms with van der Waals surface area (Å²) in [5.41, 5.74) is 1.53. The summed E-state index contributed by atoms with van der Waals surface area (Å²) in [6, 6.07) is 3.57. The van der Waals surface area contributed by atoms with Crippen LogP contribution in [0.1, 0.15) is 10.4 Å². The molecule has 3 heterocycles. The number of aliphatic hydroxyl groups excluding tert-OH is 1. The highest BCUT2D eigenvalue weighted by atomic mass is 16.3. The van der Waals surface area contributed by atoms with Gasteiger partial charge in [-0.1, -0.05) is 0 Å². The van der Waals surface area contributed by atoms with Gasteiger partial charge in [-0.2, -0.15) is 0 Å². The van der Waals surface area contributed by atoms with Crippen molar-refractivity contribution in [2.75, 3.05) is 13.1 Å². The molecule has 2 aromatic heterocycles. The van der Waals surface area contributed by atoms with E-state index in [0.717, 1.165) is 5.52 Å². The number of carbonyl (C=O) groups is 1. The molecule has 16 heavy (non-hydrogen) atoms. The van der Waals surface area contributed by atoms with Crippen LogP contribution in [0.4, 0.5) is 0 Å². The highest BCUT2D eigenvalue weighted by molar-refractivity contribution is 5.95. The first-order valence-corrected chi connectivity index (χ1v) is 5.13. The molecule has 82 valence electrons. The second kappa shape index (κ2) is 3.31. The molecule has 1 saturated heterocycles. The second-order valence-corrected chi connectivity index (χ2v) is 4.01. The molecule has 0 spiro atoms. The van der Waals surface area contributed by atoms with E-state index >= 15 is 0 Å². The lowest BCUT2D eigenvalue weighted by atomic mass is 10.1. The fraction of sp³-hybridized carbons (Fsp3) is 0.273. The number of β-amino-alcohol motifs (C(OH)–C–C–N with tert-alkyl or cyclic N) is 1. The highest BCUT2D eigenvalue weighted by Crippen LogP contribution is 2.14. The molecule has 1 amide bonds. The Labute approximate surface area is 91.9 Å². The number of aromatic nitrogens is 2. The van der Waals surface area contributed by atoms with Gasteiger partial charge in [-0.05, 0) is 12.1 Å². The summed E-state index contributed by atoms with van der Waals surface area (Å²) >= 11 is 0. The van der Waals surface area contributed by atoms with Gasteiger partial charge >= 0.3 is 0 Å². The van der Waals surface area contributed by atoms with Crippen molar-refractivity contribution in [3.63, 3.8) is 0 Å². The van der Waals surface area contributed by atoms with Crippen molar-refractivity contribution < 1.29 is 9.90 Å². The SMILES string of the molecule is O=C(c1ccn2cncc2c1)N1CC(O)C1. The van der Waals surface area contributed by atoms with E-state index in [0.29, 0.717) is 18.7 Å². The van der Waals surface area contributed by atoms with Gasteiger partial charge in [0.25, 0.3) is 5.91 Å². The molecule has 0 saturated carbocycles. The van der Waals surface area contributed by atoms with Crippen LogP contribution in [0, 0.1) is 0 Å². The monoisotopic (exact) mass is 217 g/mol. The van der Waals surface area contributed by atoms with Crippen molar-refractivity contribution in [1.29, 1.82) is 0 Å². The lowest BCUT2D eigenvalue weighted by molar-refractivity contribution is 0.00590. The number of imidazole rings is 1. The Balaban J connectivity index is 1.90. The van der Waals surface area contributed by atoms with Crippen molar-refractivity contribution in [2.24, 2.45) is 0 Å². The van der Waals surface area contributed by atoms with E-state index < -0.39 is 0 Å². The molecule has 5 heteroatoms. The van der Waals surface area contributed by atoms with Gasteiger partial charge in [0.05, 0.1) is 24.1 Å². The molecular formula is C11H11N3O2. The third-order valence-corrected chi connectivity index (χ3v) is 2.81. The topological polar surface area (TPSA) is 57.8 Å². The molecule has 5 nitrogen and oxygen atoms in total. The summed E-state index contributed by atoms with van der Waals surface area (Å²) in [6.45, 7) is 0.868. The number of aliphatic hydroxyl groups is 1. The Kier molecular flexibility index (Phi) is 1.94. The smallest absolute Gasteiger partial charge is 0.254 e. The van der Waals surface area contributed by atoms with Gasteiger partial charge in [0, 0.05) is 24.8 Å². The molecule has 1 aliphatic rings. The van der Waals surface area contributed by atoms with Crippen LogP contribution >= 0.6 is 0 Å². The fourth-order valence-electron chi connectivity index (χ4n) is 1.86. The predicted molar refractivity (Wildman–Crippen MR) is 57.1 cm³/mol. The minimum absolute atomic E-state index is 0.0333. The van der Waals surface area contributed by atoms with Gasteiger partial charge < -0.3 is 14.4 Å². The van der Waals surface area contributed by atoms with Crippen LogP contribution in [-0.4, -0.2) is 44.5 Å². The average Bonchev–Trinajstić information content (AvgIpc) is 2.70. The molecule has 3 rings (SSSR count). The number of nitrogens with zero attached hydrogens (tertiary/aromatic N) is 3. The van der Waals surface area contributed by atoms with Crippen LogP contribution in [0.5, 0.6) is 0 Å². The molecule has 1 aliphatic heterocycles. The van der Waals surface area contributed by atoms with E-state index in [1.54, 1.807) is 29.6 Å². The Morgan fingerprint density at radius 3 is 3.06 bits per heavy atom. The molecule has 0 radical (unpaired) electrons. The number of pyridine rings is 1. The number of hydrogen-bond acceptors (Lipinski definition) is 3. The van der Waals surface area contributed by atoms with Crippen LogP contribution < -0.4 is 0 Å². The molecule has 1 fully saturated rings. The molecule has 0 atom stereocenters. The summed E-state index contributed by atoms with van der Waals surface area (Å²) in [4.78, 5) is 17.5. The maximum Gasteiger partial charge on any atom is 0.254 e. The Bertz CT molecular complexity index is 543. The maximum atomic E-state index is 11.9. The van der Waals surface area contributed by atoms with Crippen molar-refractivity contribution in [3.05, 3.63) is 36.4 Å². The zero-order valence-corrected chi connectivity index (χ0v) is 8.58. The first kappa shape index (κ1) is 9.35. The first-order chi connectivity index (χ1) is 7.74. The normalized spacial score (nSPS) is 16.4. The minimum atomic E-state index is -0.359. The van der Waals surface area contributed by atoms with E-state index in [1.165, 1.54) is 0 Å². The van der Waals surface area contributed by atoms with Crippen LogP contribution in [0.2, 0.25) is 0 Å². The van der Waals surface area contributed by atoms with Gasteiger partial charge in [-0.15, -0.1) is 0 Å². The van der Waals surface area contributed by atoms with Crippen LogP contribution in [-0.2, 0) is 0 Å². The third-order valence-electron chi connectivity index (χ3n) is 2.81. The van der Waals surface area contributed by atoms with Crippen LogP contribution in [0.15, 0.2) is 30.9 Å². The molecule has 0 aromatic carbocycles. The summed E-state index contributed by atoms with van der Waals surface area (Å²) in [6.07, 6.45) is 4.85. The third kappa shape index (κ3) is 1.37. The number of likely N-dealkylation sites (tertiary alicyclic amines) is 1. The van der Waals surface area contributed by atoms with E-state index in [-0.39, 0.29) is 12.0 Å². The van der Waals surface area contributed by atoms with Crippen LogP contribution in [0.3, 0.4) is 0 Å². The Morgan fingerprint density at radius 2 is 2.31 bits per heavy atom. The number of fused-ring (bicyclic) bond motifs is 1. The van der Waals surface area contributed by atoms with Gasteiger partial charge in [-0.3, -0.25) is 4.79 Å². The van der Waals surface area contributed by atoms with Crippen molar-refractivity contribution >= 4 is 11.4 Å². The summed E-state index contributed by atoms with van der Waals surface area (Å²) < 4.78 is 1.85. The Morgan fingerprint density at radius 1 is 1.50 bits per heavy atom. The second-order valence-electron chi connectivity index (χ2n) is 4.01. The van der Waals surface area contributed by atoms with E-state index in [1.807, 2.05) is 10.6 Å². The van der Waals surface area contributed by atoms with E-state index in [2.05, 4.69) is 4.98 Å². The maximum absolute atomic E-state index is 11.9. The largest absolute Gasteiger partial charge is 0.389 e.